The fourth-order valence-corrected chi connectivity index (χ4v) is 0.602. The zero-order valence-corrected chi connectivity index (χ0v) is 6.44. The van der Waals surface area contributed by atoms with Crippen molar-refractivity contribution in [3.05, 3.63) is 35.9 Å². The van der Waals surface area contributed by atoms with Gasteiger partial charge in [0.2, 0.25) is 12.3 Å². The van der Waals surface area contributed by atoms with Gasteiger partial charge in [-0.2, -0.15) is 0 Å². The van der Waals surface area contributed by atoms with Gasteiger partial charge in [0.1, 0.15) is 0 Å². The average Bonchev–Trinajstić information content (AvgIpc) is 2.07. The predicted molar refractivity (Wildman–Crippen MR) is 45.2 cm³/mol. The van der Waals surface area contributed by atoms with Crippen LogP contribution in [0.2, 0.25) is 0 Å². The highest BCUT2D eigenvalue weighted by atomic mass is 16.1. The highest BCUT2D eigenvalue weighted by molar-refractivity contribution is 5.92. The molecule has 0 aliphatic heterocycles. The Morgan fingerprint density at radius 3 is 1.92 bits per heavy atom. The van der Waals surface area contributed by atoms with Gasteiger partial charge in [-0.05, 0) is 12.1 Å². The second-order valence-corrected chi connectivity index (χ2v) is 1.87. The summed E-state index contributed by atoms with van der Waals surface area (Å²) in [5, 5.41) is 0. The average molecular weight is 166 g/mol. The van der Waals surface area contributed by atoms with E-state index in [1.165, 1.54) is 0 Å². The summed E-state index contributed by atoms with van der Waals surface area (Å²) in [6.45, 7) is 0. The van der Waals surface area contributed by atoms with E-state index in [4.69, 9.17) is 10.5 Å². The first-order valence-corrected chi connectivity index (χ1v) is 3.22. The summed E-state index contributed by atoms with van der Waals surface area (Å²) in [6, 6.07) is 8.76. The van der Waals surface area contributed by atoms with Crippen molar-refractivity contribution in [2.45, 2.75) is 0 Å². The van der Waals surface area contributed by atoms with Crippen molar-refractivity contribution >= 4 is 12.3 Å². The maximum atomic E-state index is 10.4. The molecule has 0 heterocycles. The van der Waals surface area contributed by atoms with E-state index in [0.717, 1.165) is 0 Å². The first-order chi connectivity index (χ1) is 5.72. The number of amides is 2. The predicted octanol–water partition coefficient (Wildman–Crippen LogP) is -0.113. The molecule has 0 radical (unpaired) electrons. The lowest BCUT2D eigenvalue weighted by Gasteiger charge is -1.89. The molecule has 0 bridgehead atoms. The lowest BCUT2D eigenvalue weighted by molar-refractivity contribution is -0.106. The van der Waals surface area contributed by atoms with Gasteiger partial charge in [-0.3, -0.25) is 9.59 Å². The van der Waals surface area contributed by atoms with Crippen molar-refractivity contribution in [1.82, 2.24) is 0 Å². The molecule has 0 saturated carbocycles. The van der Waals surface area contributed by atoms with Gasteiger partial charge in [-0.1, -0.05) is 18.2 Å². The molecule has 2 amide bonds. The van der Waals surface area contributed by atoms with Crippen LogP contribution in [0.1, 0.15) is 10.4 Å². The molecular formula is C8H10N2O2. The van der Waals surface area contributed by atoms with E-state index in [1.807, 2.05) is 6.07 Å². The number of primary amides is 2. The Balaban J connectivity index is 0.000000354. The highest BCUT2D eigenvalue weighted by Gasteiger charge is 1.93. The monoisotopic (exact) mass is 166 g/mol. The topological polar surface area (TPSA) is 86.2 Å². The maximum absolute atomic E-state index is 10.4. The minimum absolute atomic E-state index is 0.250. The molecule has 1 aromatic rings. The molecule has 4 heteroatoms. The molecule has 0 aliphatic rings. The molecular weight excluding hydrogens is 156 g/mol. The maximum Gasteiger partial charge on any atom is 0.248 e. The number of hydrogen-bond acceptors (Lipinski definition) is 2. The van der Waals surface area contributed by atoms with Crippen molar-refractivity contribution < 1.29 is 9.59 Å². The minimum atomic E-state index is -0.379. The van der Waals surface area contributed by atoms with Crippen LogP contribution in [0.25, 0.3) is 0 Å². The van der Waals surface area contributed by atoms with E-state index >= 15 is 0 Å². The Bertz CT molecular complexity index is 246. The van der Waals surface area contributed by atoms with Crippen molar-refractivity contribution in [1.29, 1.82) is 0 Å². The molecule has 0 atom stereocenters. The van der Waals surface area contributed by atoms with Crippen molar-refractivity contribution in [2.24, 2.45) is 11.5 Å². The van der Waals surface area contributed by atoms with Crippen LogP contribution in [-0.2, 0) is 4.79 Å². The number of rotatable bonds is 1. The third kappa shape index (κ3) is 4.05. The SMILES string of the molecule is NC(=O)c1ccccc1.NC=O. The number of hydrogen-bond donors (Lipinski definition) is 2. The minimum Gasteiger partial charge on any atom is -0.372 e. The van der Waals surface area contributed by atoms with Crippen molar-refractivity contribution in [3.63, 3.8) is 0 Å². The van der Waals surface area contributed by atoms with Crippen LogP contribution < -0.4 is 11.5 Å². The van der Waals surface area contributed by atoms with Gasteiger partial charge >= 0.3 is 0 Å². The summed E-state index contributed by atoms with van der Waals surface area (Å²) in [4.78, 5) is 19.0. The van der Waals surface area contributed by atoms with E-state index in [0.29, 0.717) is 5.56 Å². The van der Waals surface area contributed by atoms with Crippen LogP contribution in [0.3, 0.4) is 0 Å². The highest BCUT2D eigenvalue weighted by Crippen LogP contribution is 1.94. The van der Waals surface area contributed by atoms with Gasteiger partial charge in [0.15, 0.2) is 0 Å². The molecule has 0 spiro atoms. The normalized spacial score (nSPS) is 7.67. The Kier molecular flexibility index (Phi) is 5.00. The van der Waals surface area contributed by atoms with Gasteiger partial charge in [0, 0.05) is 5.56 Å². The summed E-state index contributed by atoms with van der Waals surface area (Å²) in [5.74, 6) is -0.379. The molecule has 1 aromatic carbocycles. The fourth-order valence-electron chi connectivity index (χ4n) is 0.602. The molecule has 0 aliphatic carbocycles. The molecule has 12 heavy (non-hydrogen) atoms. The van der Waals surface area contributed by atoms with Crippen LogP contribution in [0.4, 0.5) is 0 Å². The van der Waals surface area contributed by atoms with Crippen LogP contribution in [0, 0.1) is 0 Å². The van der Waals surface area contributed by atoms with E-state index in [2.05, 4.69) is 5.73 Å². The number of nitrogens with two attached hydrogens (primary N) is 2. The van der Waals surface area contributed by atoms with Gasteiger partial charge in [0.25, 0.3) is 0 Å². The van der Waals surface area contributed by atoms with Gasteiger partial charge < -0.3 is 11.5 Å². The third-order valence-electron chi connectivity index (χ3n) is 1.06. The number of carbonyl (C=O) groups excluding carboxylic acids is 2. The summed E-state index contributed by atoms with van der Waals surface area (Å²) in [7, 11) is 0. The zero-order valence-electron chi connectivity index (χ0n) is 6.44. The lowest BCUT2D eigenvalue weighted by Crippen LogP contribution is -2.09. The number of benzene rings is 1. The van der Waals surface area contributed by atoms with Crippen LogP contribution in [0.15, 0.2) is 30.3 Å². The van der Waals surface area contributed by atoms with Crippen LogP contribution in [-0.4, -0.2) is 12.3 Å². The van der Waals surface area contributed by atoms with Gasteiger partial charge in [0.05, 0.1) is 0 Å². The standard InChI is InChI=1S/C7H7NO.CH3NO/c8-7(9)6-4-2-1-3-5-6;2-1-3/h1-5H,(H2,8,9);1H,(H2,2,3). The molecule has 4 nitrogen and oxygen atoms in total. The van der Waals surface area contributed by atoms with Gasteiger partial charge in [-0.25, -0.2) is 0 Å². The Morgan fingerprint density at radius 2 is 1.67 bits per heavy atom. The van der Waals surface area contributed by atoms with Crippen molar-refractivity contribution in [3.8, 4) is 0 Å². The molecule has 4 N–H and O–H groups in total. The quantitative estimate of drug-likeness (QED) is 0.570. The first kappa shape index (κ1) is 10.2. The van der Waals surface area contributed by atoms with E-state index in [9.17, 15) is 4.79 Å². The second kappa shape index (κ2) is 5.91. The van der Waals surface area contributed by atoms with E-state index in [-0.39, 0.29) is 12.3 Å². The molecule has 0 aromatic heterocycles. The molecule has 0 saturated heterocycles. The summed E-state index contributed by atoms with van der Waals surface area (Å²) in [6.07, 6.45) is 0.250. The van der Waals surface area contributed by atoms with E-state index in [1.54, 1.807) is 24.3 Å². The third-order valence-corrected chi connectivity index (χ3v) is 1.06. The summed E-state index contributed by atoms with van der Waals surface area (Å²) in [5.41, 5.74) is 9.69. The molecule has 0 unspecified atom stereocenters. The Hall–Kier alpha value is -1.84. The van der Waals surface area contributed by atoms with Gasteiger partial charge in [-0.15, -0.1) is 0 Å². The zero-order chi connectivity index (χ0) is 9.40. The molecule has 1 rings (SSSR count). The van der Waals surface area contributed by atoms with E-state index < -0.39 is 0 Å². The molecule has 64 valence electrons. The van der Waals surface area contributed by atoms with Crippen LogP contribution in [0.5, 0.6) is 0 Å². The summed E-state index contributed by atoms with van der Waals surface area (Å²) < 4.78 is 0. The molecule has 0 fully saturated rings. The second-order valence-electron chi connectivity index (χ2n) is 1.87. The largest absolute Gasteiger partial charge is 0.372 e. The smallest absolute Gasteiger partial charge is 0.248 e. The van der Waals surface area contributed by atoms with Crippen LogP contribution >= 0.6 is 0 Å². The lowest BCUT2D eigenvalue weighted by atomic mass is 10.2. The summed E-state index contributed by atoms with van der Waals surface area (Å²) >= 11 is 0. The fraction of sp³-hybridized carbons (Fsp3) is 0. The Morgan fingerprint density at radius 1 is 1.25 bits per heavy atom. The number of carbonyl (C=O) groups is 2. The van der Waals surface area contributed by atoms with Crippen molar-refractivity contribution in [2.75, 3.05) is 0 Å². The Labute approximate surface area is 70.2 Å². The first-order valence-electron chi connectivity index (χ1n) is 3.22.